The summed E-state index contributed by atoms with van der Waals surface area (Å²) in [4.78, 5) is 4.64. The zero-order valence-corrected chi connectivity index (χ0v) is 21.0. The fourth-order valence-electron chi connectivity index (χ4n) is 2.92. The highest BCUT2D eigenvalue weighted by Crippen LogP contribution is 2.23. The third-order valence-electron chi connectivity index (χ3n) is 4.78. The molecule has 29 heavy (non-hydrogen) atoms. The van der Waals surface area contributed by atoms with Gasteiger partial charge in [-0.25, -0.2) is 8.42 Å². The highest BCUT2D eigenvalue weighted by molar-refractivity contribution is 14.0. The molecule has 0 saturated carbocycles. The summed E-state index contributed by atoms with van der Waals surface area (Å²) in [5, 5.41) is 6.72. The van der Waals surface area contributed by atoms with Crippen molar-refractivity contribution in [3.8, 4) is 0 Å². The van der Waals surface area contributed by atoms with Gasteiger partial charge in [-0.3, -0.25) is 4.99 Å². The first kappa shape index (κ1) is 25.4. The van der Waals surface area contributed by atoms with Gasteiger partial charge in [-0.1, -0.05) is 55.8 Å². The molecule has 0 bridgehead atoms. The number of sulfone groups is 1. The summed E-state index contributed by atoms with van der Waals surface area (Å²) >= 11 is 0. The maximum Gasteiger partial charge on any atom is 0.191 e. The van der Waals surface area contributed by atoms with Crippen molar-refractivity contribution in [1.82, 2.24) is 10.6 Å². The second-order valence-electron chi connectivity index (χ2n) is 7.77. The Morgan fingerprint density at radius 3 is 2.28 bits per heavy atom. The average molecular weight is 529 g/mol. The maximum absolute atomic E-state index is 11.5. The van der Waals surface area contributed by atoms with Crippen molar-refractivity contribution in [3.63, 3.8) is 0 Å². The number of hydrogen-bond acceptors (Lipinski definition) is 3. The van der Waals surface area contributed by atoms with E-state index in [0.717, 1.165) is 24.5 Å². The summed E-state index contributed by atoms with van der Waals surface area (Å²) < 4.78 is 23.0. The van der Waals surface area contributed by atoms with E-state index in [1.54, 1.807) is 19.2 Å². The molecule has 2 rings (SSSR count). The molecule has 160 valence electrons. The molecule has 0 fully saturated rings. The van der Waals surface area contributed by atoms with Gasteiger partial charge in [0.25, 0.3) is 0 Å². The first-order valence-electron chi connectivity index (χ1n) is 9.42. The largest absolute Gasteiger partial charge is 0.356 e. The summed E-state index contributed by atoms with van der Waals surface area (Å²) in [6.45, 7) is 8.01. The predicted octanol–water partition coefficient (Wildman–Crippen LogP) is 3.70. The number of halogens is 1. The van der Waals surface area contributed by atoms with Crippen LogP contribution in [0.3, 0.4) is 0 Å². The molecule has 5 nitrogen and oxygen atoms in total. The Labute approximate surface area is 192 Å². The summed E-state index contributed by atoms with van der Waals surface area (Å²) in [5.74, 6) is 0.758. The molecule has 0 aromatic heterocycles. The topological polar surface area (TPSA) is 70.6 Å². The summed E-state index contributed by atoms with van der Waals surface area (Å²) in [6, 6.07) is 15.6. The molecule has 0 amide bonds. The van der Waals surface area contributed by atoms with Gasteiger partial charge in [0.1, 0.15) is 0 Å². The molecule has 0 atom stereocenters. The standard InChI is InChI=1S/C22H31N3O2S.HI/c1-17-7-6-8-19(15-17)22(2,3)16-25-21(23-4)24-14-13-18-9-11-20(12-10-18)28(5,26)27;/h6-12,15H,13-14,16H2,1-5H3,(H2,23,24,25);1H. The van der Waals surface area contributed by atoms with Crippen LogP contribution in [0.1, 0.15) is 30.5 Å². The van der Waals surface area contributed by atoms with Crippen LogP contribution >= 0.6 is 24.0 Å². The Hall–Kier alpha value is -1.61. The monoisotopic (exact) mass is 529 g/mol. The molecule has 7 heteroatoms. The molecule has 0 saturated heterocycles. The molecule has 0 unspecified atom stereocenters. The van der Waals surface area contributed by atoms with Gasteiger partial charge >= 0.3 is 0 Å². The second-order valence-corrected chi connectivity index (χ2v) is 9.79. The lowest BCUT2D eigenvalue weighted by Crippen LogP contribution is -2.44. The lowest BCUT2D eigenvalue weighted by molar-refractivity contribution is 0.508. The maximum atomic E-state index is 11.5. The molecule has 0 radical (unpaired) electrons. The molecular formula is C22H32IN3O2S. The minimum absolute atomic E-state index is 0. The quantitative estimate of drug-likeness (QED) is 0.326. The zero-order chi connectivity index (χ0) is 20.8. The van der Waals surface area contributed by atoms with E-state index >= 15 is 0 Å². The van der Waals surface area contributed by atoms with E-state index in [1.807, 2.05) is 12.1 Å². The van der Waals surface area contributed by atoms with Gasteiger partial charge in [0, 0.05) is 31.8 Å². The van der Waals surface area contributed by atoms with Crippen LogP contribution in [-0.2, 0) is 21.7 Å². The normalized spacial score (nSPS) is 12.2. The molecule has 0 aliphatic carbocycles. The van der Waals surface area contributed by atoms with E-state index in [-0.39, 0.29) is 29.4 Å². The number of benzene rings is 2. The van der Waals surface area contributed by atoms with Crippen molar-refractivity contribution in [3.05, 3.63) is 65.2 Å². The van der Waals surface area contributed by atoms with Crippen molar-refractivity contribution in [2.24, 2.45) is 4.99 Å². The molecule has 2 N–H and O–H groups in total. The third kappa shape index (κ3) is 7.97. The Bertz CT molecular complexity index is 923. The molecule has 0 spiro atoms. The minimum Gasteiger partial charge on any atom is -0.356 e. The fraction of sp³-hybridized carbons (Fsp3) is 0.409. The molecular weight excluding hydrogens is 497 g/mol. The number of rotatable bonds is 7. The van der Waals surface area contributed by atoms with Gasteiger partial charge in [-0.15, -0.1) is 24.0 Å². The number of aliphatic imine (C=N–C) groups is 1. The van der Waals surface area contributed by atoms with Crippen LogP contribution in [0.15, 0.2) is 58.4 Å². The van der Waals surface area contributed by atoms with E-state index in [4.69, 9.17) is 0 Å². The summed E-state index contributed by atoms with van der Waals surface area (Å²) in [7, 11) is -1.39. The summed E-state index contributed by atoms with van der Waals surface area (Å²) in [6.07, 6.45) is 2.00. The van der Waals surface area contributed by atoms with Crippen LogP contribution in [0.2, 0.25) is 0 Å². The Morgan fingerprint density at radius 1 is 1.07 bits per heavy atom. The smallest absolute Gasteiger partial charge is 0.191 e. The first-order valence-corrected chi connectivity index (χ1v) is 11.3. The van der Waals surface area contributed by atoms with E-state index < -0.39 is 9.84 Å². The van der Waals surface area contributed by atoms with Crippen LogP contribution in [0.25, 0.3) is 0 Å². The SMILES string of the molecule is CN=C(NCCc1ccc(S(C)(=O)=O)cc1)NCC(C)(C)c1cccc(C)c1.I. The molecule has 2 aromatic carbocycles. The van der Waals surface area contributed by atoms with Gasteiger partial charge in [0.2, 0.25) is 0 Å². The minimum atomic E-state index is -3.15. The Balaban J connectivity index is 0.00000420. The highest BCUT2D eigenvalue weighted by Gasteiger charge is 2.21. The van der Waals surface area contributed by atoms with Crippen molar-refractivity contribution in [2.75, 3.05) is 26.4 Å². The van der Waals surface area contributed by atoms with Crippen molar-refractivity contribution in [1.29, 1.82) is 0 Å². The average Bonchev–Trinajstić information content (AvgIpc) is 2.64. The zero-order valence-electron chi connectivity index (χ0n) is 17.8. The van der Waals surface area contributed by atoms with Gasteiger partial charge < -0.3 is 10.6 Å². The lowest BCUT2D eigenvalue weighted by Gasteiger charge is -2.27. The second kappa shape index (κ2) is 11.0. The van der Waals surface area contributed by atoms with Crippen molar-refractivity contribution < 1.29 is 8.42 Å². The van der Waals surface area contributed by atoms with Gasteiger partial charge in [-0.2, -0.15) is 0 Å². The fourth-order valence-corrected chi connectivity index (χ4v) is 3.55. The van der Waals surface area contributed by atoms with Crippen LogP contribution in [0, 0.1) is 6.92 Å². The predicted molar refractivity (Wildman–Crippen MR) is 132 cm³/mol. The Morgan fingerprint density at radius 2 is 1.72 bits per heavy atom. The van der Waals surface area contributed by atoms with Crippen LogP contribution in [-0.4, -0.2) is 40.8 Å². The van der Waals surface area contributed by atoms with Crippen LogP contribution < -0.4 is 10.6 Å². The molecule has 2 aromatic rings. The lowest BCUT2D eigenvalue weighted by atomic mass is 9.84. The van der Waals surface area contributed by atoms with Crippen LogP contribution in [0.4, 0.5) is 0 Å². The number of guanidine groups is 1. The number of hydrogen-bond donors (Lipinski definition) is 2. The molecule has 0 heterocycles. The molecule has 0 aliphatic heterocycles. The van der Waals surface area contributed by atoms with E-state index in [9.17, 15) is 8.42 Å². The summed E-state index contributed by atoms with van der Waals surface area (Å²) in [5.41, 5.74) is 3.61. The van der Waals surface area contributed by atoms with Gasteiger partial charge in [0.15, 0.2) is 15.8 Å². The number of nitrogens with zero attached hydrogens (tertiary/aromatic N) is 1. The number of aryl methyl sites for hydroxylation is 1. The van der Waals surface area contributed by atoms with Crippen LogP contribution in [0.5, 0.6) is 0 Å². The molecule has 0 aliphatic rings. The number of nitrogens with one attached hydrogen (secondary N) is 2. The first-order chi connectivity index (χ1) is 13.1. The van der Waals surface area contributed by atoms with Gasteiger partial charge in [-0.05, 0) is 36.6 Å². The van der Waals surface area contributed by atoms with E-state index in [2.05, 4.69) is 60.7 Å². The Kier molecular flexibility index (Phi) is 9.61. The van der Waals surface area contributed by atoms with E-state index in [0.29, 0.717) is 11.4 Å². The van der Waals surface area contributed by atoms with E-state index in [1.165, 1.54) is 17.4 Å². The van der Waals surface area contributed by atoms with Crippen molar-refractivity contribution in [2.45, 2.75) is 37.5 Å². The highest BCUT2D eigenvalue weighted by atomic mass is 127. The van der Waals surface area contributed by atoms with Gasteiger partial charge in [0.05, 0.1) is 4.90 Å². The third-order valence-corrected chi connectivity index (χ3v) is 5.91. The van der Waals surface area contributed by atoms with Crippen molar-refractivity contribution >= 4 is 39.8 Å².